The van der Waals surface area contributed by atoms with E-state index in [1.165, 1.54) is 43.4 Å². The lowest BCUT2D eigenvalue weighted by atomic mass is 9.84. The quantitative estimate of drug-likeness (QED) is 0.0270. The summed E-state index contributed by atoms with van der Waals surface area (Å²) in [5, 5.41) is 129. The number of aliphatic carboxylic acids is 1. The van der Waals surface area contributed by atoms with Crippen molar-refractivity contribution in [2.45, 2.75) is 170 Å². The van der Waals surface area contributed by atoms with Crippen molar-refractivity contribution in [3.8, 4) is 68.2 Å². The minimum atomic E-state index is -2.32. The number of carboxylic acid groups (broad SMARTS) is 1. The number of ether oxygens (including phenoxy) is 6. The predicted octanol–water partition coefficient (Wildman–Crippen LogP) is 5.91. The van der Waals surface area contributed by atoms with Gasteiger partial charge in [-0.25, -0.2) is 4.79 Å². The average molecular weight is 1690 g/mol. The SMILES string of the molecule is CN[C@H](CC(C)C)C(=O)N[C@H]1C(=O)N[C@@H](CC(N)=O)C(=O)N[C@H](C)C(=O)NC2C(=O)N[C@H](C(=O)N[C@H](C(=O)O)c3cc(O)cc(O)c3-c3cc2ccc3O)[C@H](O)c2ccc(c(Cl)c2)Oc2cccc(c2OC2OC(CN=[N+]=[N-])C(O)C(O)C2OC2CC(C)(NCc3ccc(-c4ccc(Cl)cc4)cc3)C(O)C(C)O2)Oc2ccc(cc2Cl)[C@H]1O. The molecule has 35 nitrogen and oxygen atoms in total. The molecule has 18 atom stereocenters. The van der Waals surface area contributed by atoms with Gasteiger partial charge < -0.3 is 123 Å². The van der Waals surface area contributed by atoms with Crippen LogP contribution < -0.4 is 62.5 Å². The summed E-state index contributed by atoms with van der Waals surface area (Å²) >= 11 is 20.3. The molecule has 7 amide bonds. The lowest BCUT2D eigenvalue weighted by Gasteiger charge is -2.48. The number of aliphatic hydroxyl groups excluding tert-OH is 5. The maximum atomic E-state index is 15.2. The summed E-state index contributed by atoms with van der Waals surface area (Å²) in [5.41, 5.74) is 14.4. The van der Waals surface area contributed by atoms with Crippen molar-refractivity contribution in [3.05, 3.63) is 187 Å². The van der Waals surface area contributed by atoms with Crippen molar-refractivity contribution >= 4 is 82.1 Å². The third kappa shape index (κ3) is 20.2. The van der Waals surface area contributed by atoms with Crippen LogP contribution in [-0.4, -0.2) is 192 Å². The standard InChI is InChI=1S/C80H87Cl3N12O23/c1-34(2)24-49(86-6)73(106)93-63-65(100)41-17-22-53(47(82)26-41)114-55-8-7-9-56(69(55)118-79-70(68(103)67(102)57(116-79)33-88-95-85)117-59-31-80(5,71(104)36(4)113-59)87-32-37-10-12-38(13-11-37)39-14-19-43(81)20-15-39)115-54-23-18-42(27-48(54)83)66(101)64-77(110)92-62(78(111)112)46-28-44(96)29-52(98)60(46)45-25-40(16-21-51(45)97)61(75(108)94-64)91-72(105)35(3)89-74(107)50(30-58(84)99)90-76(63)109/h7-23,25-29,34-36,49-50,57,59,61-68,70-71,79,86-87,96-98,100-104H,24,30-33H2,1-6H3,(H2,84,99)(H,89,107)(H,90,109)(H,91,105)(H,92,110)(H,93,106)(H,94,108)(H,111,112)/t35-,36?,49-,50+,57?,59?,61?,62+,63-,64+,65-,66-,67?,68?,70?,71?,79?,80?/m1/s1. The number of phenols is 3. The minimum Gasteiger partial charge on any atom is -0.508 e. The van der Waals surface area contributed by atoms with Gasteiger partial charge in [0.15, 0.2) is 29.9 Å². The van der Waals surface area contributed by atoms with Gasteiger partial charge in [0.1, 0.15) is 83.4 Å². The summed E-state index contributed by atoms with van der Waals surface area (Å²) in [5.74, 6) is -14.5. The monoisotopic (exact) mass is 1690 g/mol. The van der Waals surface area contributed by atoms with Gasteiger partial charge in [0.2, 0.25) is 53.4 Å². The molecule has 0 saturated carbocycles. The second-order valence-corrected chi connectivity index (χ2v) is 30.7. The van der Waals surface area contributed by atoms with Crippen LogP contribution in [0.5, 0.6) is 46.0 Å². The van der Waals surface area contributed by atoms with Crippen molar-refractivity contribution in [2.75, 3.05) is 13.6 Å². The molecule has 118 heavy (non-hydrogen) atoms. The van der Waals surface area contributed by atoms with Crippen LogP contribution in [-0.2, 0) is 59.1 Å². The molecule has 6 aliphatic heterocycles. The Hall–Kier alpha value is -11.1. The minimum absolute atomic E-state index is 0.116. The number of aliphatic hydroxyl groups is 5. The number of halogens is 3. The van der Waals surface area contributed by atoms with Gasteiger partial charge in [0.05, 0.1) is 47.4 Å². The van der Waals surface area contributed by atoms with Gasteiger partial charge in [-0.15, -0.1) is 0 Å². The maximum absolute atomic E-state index is 15.2. The molecule has 0 spiro atoms. The second kappa shape index (κ2) is 37.7. The average Bonchev–Trinajstić information content (AvgIpc) is 0.762. The molecule has 10 unspecified atom stereocenters. The highest BCUT2D eigenvalue weighted by molar-refractivity contribution is 6.32. The number of carbonyl (C=O) groups is 8. The first-order chi connectivity index (χ1) is 56.0. The lowest BCUT2D eigenvalue weighted by molar-refractivity contribution is -0.331. The lowest BCUT2D eigenvalue weighted by Crippen LogP contribution is -2.65. The third-order valence-electron chi connectivity index (χ3n) is 20.5. The number of fused-ring (bicyclic) bond motifs is 6. The van der Waals surface area contributed by atoms with Crippen LogP contribution in [0.25, 0.3) is 32.7 Å². The van der Waals surface area contributed by atoms with Gasteiger partial charge in [-0.05, 0) is 146 Å². The Bertz CT molecular complexity index is 4990. The molecule has 6 heterocycles. The molecule has 2 saturated heterocycles. The number of likely N-dealkylation sites (N-methyl/N-ethyl adjacent to an activating group) is 1. The van der Waals surface area contributed by atoms with E-state index in [0.717, 1.165) is 72.1 Å². The largest absolute Gasteiger partial charge is 0.508 e. The fraction of sp³-hybridized carbons (Fsp3) is 0.375. The summed E-state index contributed by atoms with van der Waals surface area (Å²) in [6.45, 7) is 7.69. The van der Waals surface area contributed by atoms with Crippen LogP contribution in [0.4, 0.5) is 0 Å². The zero-order valence-corrected chi connectivity index (χ0v) is 66.2. The van der Waals surface area contributed by atoms with Crippen molar-refractivity contribution in [2.24, 2.45) is 16.8 Å². The van der Waals surface area contributed by atoms with Crippen LogP contribution in [0, 0.1) is 5.92 Å². The summed E-state index contributed by atoms with van der Waals surface area (Å²) in [7, 11) is 1.47. The maximum Gasteiger partial charge on any atom is 0.330 e. The fourth-order valence-electron chi connectivity index (χ4n) is 14.1. The van der Waals surface area contributed by atoms with Crippen LogP contribution in [0.3, 0.4) is 0 Å². The molecule has 13 rings (SSSR count). The molecular formula is C80H87Cl3N12O23. The van der Waals surface area contributed by atoms with Gasteiger partial charge in [-0.1, -0.05) is 114 Å². The van der Waals surface area contributed by atoms with E-state index in [1.54, 1.807) is 26.0 Å². The summed E-state index contributed by atoms with van der Waals surface area (Å²) in [6, 6.07) is 17.3. The number of amides is 7. The molecule has 6 aliphatic rings. The highest BCUT2D eigenvalue weighted by Crippen LogP contribution is 2.48. The van der Waals surface area contributed by atoms with Crippen LogP contribution in [0.1, 0.15) is 106 Å². The number of carbonyl (C=O) groups excluding carboxylic acids is 7. The van der Waals surface area contributed by atoms with Gasteiger partial charge in [-0.2, -0.15) is 0 Å². The molecule has 626 valence electrons. The van der Waals surface area contributed by atoms with Crippen molar-refractivity contribution in [3.63, 3.8) is 0 Å². The molecule has 10 bridgehead atoms. The first-order valence-electron chi connectivity index (χ1n) is 37.1. The van der Waals surface area contributed by atoms with Crippen LogP contribution in [0.2, 0.25) is 15.1 Å². The first kappa shape index (κ1) is 87.7. The highest BCUT2D eigenvalue weighted by Gasteiger charge is 2.52. The molecule has 0 aromatic heterocycles. The Balaban J connectivity index is 1.02. The van der Waals surface area contributed by atoms with E-state index in [2.05, 4.69) is 52.6 Å². The molecule has 0 aliphatic carbocycles. The number of hydrogen-bond donors (Lipinski definition) is 18. The summed E-state index contributed by atoms with van der Waals surface area (Å²) in [4.78, 5) is 117. The van der Waals surface area contributed by atoms with Gasteiger partial charge in [-0.3, -0.25) is 33.6 Å². The number of nitrogens with one attached hydrogen (secondary N) is 8. The topological polar surface area (TPSA) is 545 Å². The summed E-state index contributed by atoms with van der Waals surface area (Å²) < 4.78 is 39.1. The van der Waals surface area contributed by atoms with E-state index in [-0.39, 0.29) is 75.0 Å². The smallest absolute Gasteiger partial charge is 0.330 e. The molecule has 38 heteroatoms. The van der Waals surface area contributed by atoms with Crippen molar-refractivity contribution in [1.29, 1.82) is 0 Å². The third-order valence-corrected chi connectivity index (χ3v) is 21.3. The molecule has 0 radical (unpaired) electrons. The van der Waals surface area contributed by atoms with E-state index in [9.17, 15) is 85.1 Å². The number of primary amides is 1. The van der Waals surface area contributed by atoms with Crippen molar-refractivity contribution < 1.29 is 113 Å². The Kier molecular flexibility index (Phi) is 28.0. The highest BCUT2D eigenvalue weighted by atomic mass is 35.5. The van der Waals surface area contributed by atoms with Crippen molar-refractivity contribution in [1.82, 2.24) is 42.5 Å². The number of benzene rings is 7. The van der Waals surface area contributed by atoms with Gasteiger partial charge >= 0.3 is 5.97 Å². The molecule has 7 aromatic carbocycles. The number of aromatic hydroxyl groups is 3. The number of carboxylic acids is 1. The van der Waals surface area contributed by atoms with E-state index in [4.69, 9.17) is 69.0 Å². The number of phenolic OH excluding ortho intramolecular Hbond substituents is 3. The molecular weight excluding hydrogens is 1600 g/mol. The number of nitrogens with two attached hydrogens (primary N) is 1. The number of nitrogens with zero attached hydrogens (tertiary/aromatic N) is 3. The number of azide groups is 1. The van der Waals surface area contributed by atoms with E-state index in [1.807, 2.05) is 50.2 Å². The Morgan fingerprint density at radius 2 is 1.33 bits per heavy atom. The normalized spacial score (nSPS) is 26.6. The predicted molar refractivity (Wildman–Crippen MR) is 422 cm³/mol. The van der Waals surface area contributed by atoms with E-state index < -0.39 is 209 Å². The second-order valence-electron chi connectivity index (χ2n) is 29.4. The van der Waals surface area contributed by atoms with Gasteiger partial charge in [0, 0.05) is 51.2 Å². The molecule has 19 N–H and O–H groups in total. The fourth-order valence-corrected chi connectivity index (χ4v) is 14.7. The number of rotatable bonds is 18. The van der Waals surface area contributed by atoms with E-state index in [0.29, 0.717) is 5.02 Å². The molecule has 7 aromatic rings. The van der Waals surface area contributed by atoms with Gasteiger partial charge in [0.25, 0.3) is 0 Å². The first-order valence-corrected chi connectivity index (χ1v) is 38.3. The zero-order chi connectivity index (χ0) is 85.5. The van der Waals surface area contributed by atoms with Crippen LogP contribution in [0.15, 0.2) is 139 Å². The Morgan fingerprint density at radius 1 is 0.703 bits per heavy atom. The Morgan fingerprint density at radius 3 is 1.93 bits per heavy atom. The van der Waals surface area contributed by atoms with E-state index >= 15 is 4.79 Å². The Labute approximate surface area is 689 Å². The number of hydrogen-bond acceptors (Lipinski definition) is 25. The zero-order valence-electron chi connectivity index (χ0n) is 63.9. The summed E-state index contributed by atoms with van der Waals surface area (Å²) in [6.07, 6.45) is -17.9. The molecule has 2 fully saturated rings. The number of para-hydroxylation sites is 1. The van der Waals surface area contributed by atoms with Crippen LogP contribution >= 0.6 is 34.8 Å².